The quantitative estimate of drug-likeness (QED) is 0.791. The largest absolute Gasteiger partial charge is 0.370 e. The van der Waals surface area contributed by atoms with Crippen LogP contribution in [0.25, 0.3) is 0 Å². The van der Waals surface area contributed by atoms with Gasteiger partial charge in [-0.2, -0.15) is 0 Å². The predicted octanol–water partition coefficient (Wildman–Crippen LogP) is 3.70. The van der Waals surface area contributed by atoms with Crippen LogP contribution in [0, 0.1) is 11.7 Å². The molecule has 1 fully saturated rings. The molecule has 1 aromatic heterocycles. The Morgan fingerprint density at radius 2 is 2.24 bits per heavy atom. The third-order valence-corrected chi connectivity index (χ3v) is 4.93. The normalized spacial score (nSPS) is 17.4. The number of piperidine rings is 1. The van der Waals surface area contributed by atoms with Crippen molar-refractivity contribution in [1.29, 1.82) is 0 Å². The number of halogens is 2. The van der Waals surface area contributed by atoms with Crippen molar-refractivity contribution in [2.45, 2.75) is 17.9 Å². The van der Waals surface area contributed by atoms with E-state index in [2.05, 4.69) is 10.3 Å². The lowest BCUT2D eigenvalue weighted by Gasteiger charge is -2.34. The number of rotatable bonds is 4. The highest BCUT2D eigenvalue weighted by molar-refractivity contribution is 7.97. The molecule has 1 aliphatic heterocycles. The molecule has 1 aromatic carbocycles. The molecule has 1 atom stereocenters. The van der Waals surface area contributed by atoms with Gasteiger partial charge in [0.25, 0.3) is 0 Å². The van der Waals surface area contributed by atoms with Gasteiger partial charge in [0.2, 0.25) is 5.91 Å². The fourth-order valence-corrected chi connectivity index (χ4v) is 3.55. The Morgan fingerprint density at radius 1 is 1.40 bits per heavy atom. The molecule has 3 rings (SSSR count). The summed E-state index contributed by atoms with van der Waals surface area (Å²) in [6.45, 7) is 1.33. The molecule has 1 saturated heterocycles. The van der Waals surface area contributed by atoms with E-state index < -0.39 is 0 Å². The van der Waals surface area contributed by atoms with Gasteiger partial charge >= 0.3 is 0 Å². The number of benzene rings is 1. The van der Waals surface area contributed by atoms with E-state index in [9.17, 15) is 9.18 Å². The smallest absolute Gasteiger partial charge is 0.229 e. The van der Waals surface area contributed by atoms with Gasteiger partial charge in [0.15, 0.2) is 0 Å². The first kappa shape index (κ1) is 18.0. The van der Waals surface area contributed by atoms with Gasteiger partial charge in [-0.25, -0.2) is 9.37 Å². The van der Waals surface area contributed by atoms with Crippen molar-refractivity contribution in [2.24, 2.45) is 11.1 Å². The number of hydrogen-bond acceptors (Lipinski definition) is 5. The van der Waals surface area contributed by atoms with E-state index in [0.29, 0.717) is 22.3 Å². The second-order valence-electron chi connectivity index (χ2n) is 5.87. The molecule has 5 nitrogen and oxygen atoms in total. The van der Waals surface area contributed by atoms with E-state index in [-0.39, 0.29) is 17.6 Å². The Morgan fingerprint density at radius 3 is 3.00 bits per heavy atom. The zero-order valence-corrected chi connectivity index (χ0v) is 15.0. The molecule has 132 valence electrons. The van der Waals surface area contributed by atoms with Crippen molar-refractivity contribution in [3.05, 3.63) is 47.4 Å². The summed E-state index contributed by atoms with van der Waals surface area (Å²) in [4.78, 5) is 18.7. The molecule has 2 heterocycles. The molecule has 1 amide bonds. The first-order valence-electron chi connectivity index (χ1n) is 7.90. The maximum Gasteiger partial charge on any atom is 0.229 e. The van der Waals surface area contributed by atoms with Gasteiger partial charge in [0.1, 0.15) is 10.8 Å². The lowest BCUT2D eigenvalue weighted by molar-refractivity contribution is -0.120. The van der Waals surface area contributed by atoms with E-state index in [1.807, 2.05) is 4.90 Å². The predicted molar refractivity (Wildman–Crippen MR) is 99.3 cm³/mol. The first-order chi connectivity index (χ1) is 12.1. The van der Waals surface area contributed by atoms with Crippen LogP contribution >= 0.6 is 23.5 Å². The molecule has 1 unspecified atom stereocenters. The van der Waals surface area contributed by atoms with Crippen molar-refractivity contribution >= 4 is 40.8 Å². The summed E-state index contributed by atoms with van der Waals surface area (Å²) in [7, 11) is 0. The molecule has 0 radical (unpaired) electrons. The van der Waals surface area contributed by atoms with E-state index >= 15 is 0 Å². The van der Waals surface area contributed by atoms with Crippen LogP contribution in [0.5, 0.6) is 0 Å². The SMILES string of the molecule is NSc1cc(NC(=O)C2CCCN(c3ccc(F)cc3Cl)C2)ccn1. The third-order valence-electron chi connectivity index (χ3n) is 4.17. The lowest BCUT2D eigenvalue weighted by atomic mass is 9.96. The van der Waals surface area contributed by atoms with Crippen molar-refractivity contribution in [2.75, 3.05) is 23.3 Å². The van der Waals surface area contributed by atoms with Crippen LogP contribution in [-0.4, -0.2) is 24.0 Å². The highest BCUT2D eigenvalue weighted by atomic mass is 35.5. The van der Waals surface area contributed by atoms with Gasteiger partial charge in [0, 0.05) is 25.0 Å². The summed E-state index contributed by atoms with van der Waals surface area (Å²) in [6, 6.07) is 7.80. The van der Waals surface area contributed by atoms with Gasteiger partial charge in [0.05, 0.1) is 16.6 Å². The van der Waals surface area contributed by atoms with Gasteiger partial charge in [-0.3, -0.25) is 9.93 Å². The fourth-order valence-electron chi connectivity index (χ4n) is 2.94. The number of amides is 1. The lowest BCUT2D eigenvalue weighted by Crippen LogP contribution is -2.40. The van der Waals surface area contributed by atoms with Crippen molar-refractivity contribution in [3.63, 3.8) is 0 Å². The van der Waals surface area contributed by atoms with Gasteiger partial charge in [-0.15, -0.1) is 0 Å². The van der Waals surface area contributed by atoms with Crippen molar-refractivity contribution < 1.29 is 9.18 Å². The summed E-state index contributed by atoms with van der Waals surface area (Å²) >= 11 is 7.18. The molecule has 0 aliphatic carbocycles. The van der Waals surface area contributed by atoms with E-state index in [1.54, 1.807) is 24.4 Å². The number of carbonyl (C=O) groups excluding carboxylic acids is 1. The molecule has 2 aromatic rings. The Balaban J connectivity index is 1.69. The zero-order valence-electron chi connectivity index (χ0n) is 13.4. The average Bonchev–Trinajstić information content (AvgIpc) is 2.62. The fraction of sp³-hybridized carbons (Fsp3) is 0.294. The second-order valence-corrected chi connectivity index (χ2v) is 6.93. The third kappa shape index (κ3) is 4.42. The summed E-state index contributed by atoms with van der Waals surface area (Å²) < 4.78 is 13.2. The number of hydrogen-bond donors (Lipinski definition) is 2. The highest BCUT2D eigenvalue weighted by Crippen LogP contribution is 2.30. The van der Waals surface area contributed by atoms with Crippen LogP contribution in [0.3, 0.4) is 0 Å². The maximum absolute atomic E-state index is 13.2. The van der Waals surface area contributed by atoms with Crippen LogP contribution in [-0.2, 0) is 4.79 Å². The summed E-state index contributed by atoms with van der Waals surface area (Å²) in [5.41, 5.74) is 1.43. The Labute approximate surface area is 154 Å². The molecule has 1 aliphatic rings. The van der Waals surface area contributed by atoms with Crippen LogP contribution < -0.4 is 15.4 Å². The maximum atomic E-state index is 13.2. The average molecular weight is 381 g/mol. The highest BCUT2D eigenvalue weighted by Gasteiger charge is 2.27. The number of nitrogens with zero attached hydrogens (tertiary/aromatic N) is 2. The molecule has 0 spiro atoms. The van der Waals surface area contributed by atoms with E-state index in [1.165, 1.54) is 12.1 Å². The summed E-state index contributed by atoms with van der Waals surface area (Å²) in [5.74, 6) is -0.592. The second kappa shape index (κ2) is 8.03. The summed E-state index contributed by atoms with van der Waals surface area (Å²) in [6.07, 6.45) is 3.27. The number of pyridine rings is 1. The topological polar surface area (TPSA) is 71.2 Å². The zero-order chi connectivity index (χ0) is 17.8. The van der Waals surface area contributed by atoms with Gasteiger partial charge in [-0.1, -0.05) is 11.6 Å². The minimum Gasteiger partial charge on any atom is -0.370 e. The summed E-state index contributed by atoms with van der Waals surface area (Å²) in [5, 5.41) is 9.41. The Hall–Kier alpha value is -1.83. The van der Waals surface area contributed by atoms with Crippen LogP contribution in [0.15, 0.2) is 41.6 Å². The Bertz CT molecular complexity index is 776. The number of anilines is 2. The number of carbonyl (C=O) groups is 1. The van der Waals surface area contributed by atoms with Gasteiger partial charge < -0.3 is 10.2 Å². The molecular weight excluding hydrogens is 363 g/mol. The van der Waals surface area contributed by atoms with Crippen molar-refractivity contribution in [1.82, 2.24) is 4.98 Å². The molecular formula is C17H18ClFN4OS. The molecule has 8 heteroatoms. The van der Waals surface area contributed by atoms with Crippen molar-refractivity contribution in [3.8, 4) is 0 Å². The van der Waals surface area contributed by atoms with E-state index in [4.69, 9.17) is 16.7 Å². The number of nitrogens with two attached hydrogens (primary N) is 1. The molecule has 3 N–H and O–H groups in total. The van der Waals surface area contributed by atoms with Crippen LogP contribution in [0.1, 0.15) is 12.8 Å². The van der Waals surface area contributed by atoms with E-state index in [0.717, 1.165) is 37.0 Å². The molecule has 0 saturated carbocycles. The minimum atomic E-state index is -0.369. The standard InChI is InChI=1S/C17H18ClFN4OS/c18-14-8-12(19)3-4-15(14)23-7-1-2-11(10-23)17(24)22-13-5-6-21-16(9-13)25-20/h3-6,8-9,11H,1-2,7,10,20H2,(H,21,22,24). The minimum absolute atomic E-state index is 0.0536. The van der Waals surface area contributed by atoms with Crippen LogP contribution in [0.4, 0.5) is 15.8 Å². The monoisotopic (exact) mass is 380 g/mol. The Kier molecular flexibility index (Phi) is 5.78. The first-order valence-corrected chi connectivity index (χ1v) is 9.16. The number of aromatic nitrogens is 1. The molecule has 25 heavy (non-hydrogen) atoms. The molecule has 0 bridgehead atoms. The number of nitrogens with one attached hydrogen (secondary N) is 1. The van der Waals surface area contributed by atoms with Gasteiger partial charge in [-0.05, 0) is 55.1 Å². The van der Waals surface area contributed by atoms with Crippen LogP contribution in [0.2, 0.25) is 5.02 Å².